The van der Waals surface area contributed by atoms with Gasteiger partial charge in [-0.15, -0.1) is 0 Å². The molecule has 0 radical (unpaired) electrons. The van der Waals surface area contributed by atoms with E-state index in [0.717, 1.165) is 25.7 Å². The molecule has 2 aliphatic carbocycles. The van der Waals surface area contributed by atoms with E-state index in [0.29, 0.717) is 12.6 Å². The summed E-state index contributed by atoms with van der Waals surface area (Å²) in [5, 5.41) is 12.9. The van der Waals surface area contributed by atoms with E-state index in [4.69, 9.17) is 0 Å². The van der Waals surface area contributed by atoms with Crippen LogP contribution in [0.4, 0.5) is 0 Å². The van der Waals surface area contributed by atoms with Crippen LogP contribution in [0, 0.1) is 5.41 Å². The van der Waals surface area contributed by atoms with Gasteiger partial charge in [-0.05, 0) is 25.7 Å². The van der Waals surface area contributed by atoms with Crippen LogP contribution < -0.4 is 5.32 Å². The highest BCUT2D eigenvalue weighted by Crippen LogP contribution is 2.38. The zero-order valence-corrected chi connectivity index (χ0v) is 10.0. The van der Waals surface area contributed by atoms with Crippen molar-refractivity contribution in [2.45, 2.75) is 63.8 Å². The molecule has 0 aromatic rings. The summed E-state index contributed by atoms with van der Waals surface area (Å²) in [6, 6.07) is 0.575. The van der Waals surface area contributed by atoms with Crippen LogP contribution in [-0.4, -0.2) is 23.7 Å². The van der Waals surface area contributed by atoms with Gasteiger partial charge in [-0.2, -0.15) is 0 Å². The fourth-order valence-corrected chi connectivity index (χ4v) is 3.16. The van der Waals surface area contributed by atoms with E-state index in [9.17, 15) is 9.90 Å². The number of aliphatic carboxylic acids is 1. The Hall–Kier alpha value is -0.570. The minimum Gasteiger partial charge on any atom is -0.481 e. The van der Waals surface area contributed by atoms with Crippen molar-refractivity contribution >= 4 is 5.97 Å². The molecule has 2 saturated carbocycles. The van der Waals surface area contributed by atoms with Crippen molar-refractivity contribution in [3.05, 3.63) is 0 Å². The summed E-state index contributed by atoms with van der Waals surface area (Å²) in [6.45, 7) is 0.687. The molecule has 2 N–H and O–H groups in total. The number of carboxylic acid groups (broad SMARTS) is 1. The number of hydrogen-bond donors (Lipinski definition) is 2. The Labute approximate surface area is 97.6 Å². The average Bonchev–Trinajstić information content (AvgIpc) is 2.78. The Morgan fingerprint density at radius 2 is 1.75 bits per heavy atom. The molecule has 0 saturated heterocycles. The molecule has 16 heavy (non-hydrogen) atoms. The Morgan fingerprint density at radius 3 is 2.31 bits per heavy atom. The minimum absolute atomic E-state index is 0.447. The second-order valence-electron chi connectivity index (χ2n) is 5.51. The molecule has 0 aromatic carbocycles. The highest BCUT2D eigenvalue weighted by molar-refractivity contribution is 5.75. The molecule has 0 heterocycles. The first kappa shape index (κ1) is 11.9. The molecule has 2 fully saturated rings. The van der Waals surface area contributed by atoms with Crippen LogP contribution in [0.5, 0.6) is 0 Å². The van der Waals surface area contributed by atoms with Crippen LogP contribution in [0.15, 0.2) is 0 Å². The molecule has 0 amide bonds. The van der Waals surface area contributed by atoms with Crippen LogP contribution in [-0.2, 0) is 4.79 Å². The molecule has 2 rings (SSSR count). The van der Waals surface area contributed by atoms with Gasteiger partial charge in [0.05, 0.1) is 5.41 Å². The molecule has 0 unspecified atom stereocenters. The topological polar surface area (TPSA) is 49.3 Å². The third kappa shape index (κ3) is 2.57. The van der Waals surface area contributed by atoms with Crippen molar-refractivity contribution in [2.75, 3.05) is 6.54 Å². The molecule has 0 bridgehead atoms. The van der Waals surface area contributed by atoms with Gasteiger partial charge in [0.1, 0.15) is 0 Å². The predicted molar refractivity (Wildman–Crippen MR) is 63.4 cm³/mol. The van der Waals surface area contributed by atoms with E-state index in [1.165, 1.54) is 32.1 Å². The molecular formula is C13H23NO2. The van der Waals surface area contributed by atoms with Crippen molar-refractivity contribution < 1.29 is 9.90 Å². The Balaban J connectivity index is 1.84. The molecule has 0 aliphatic heterocycles. The van der Waals surface area contributed by atoms with E-state index in [-0.39, 0.29) is 0 Å². The second kappa shape index (κ2) is 5.17. The van der Waals surface area contributed by atoms with Gasteiger partial charge in [-0.3, -0.25) is 4.79 Å². The zero-order chi connectivity index (χ0) is 11.4. The van der Waals surface area contributed by atoms with Gasteiger partial charge in [0.25, 0.3) is 0 Å². The fourth-order valence-electron chi connectivity index (χ4n) is 3.16. The first-order valence-corrected chi connectivity index (χ1v) is 6.70. The maximum atomic E-state index is 11.4. The number of hydrogen-bond acceptors (Lipinski definition) is 2. The molecule has 92 valence electrons. The monoisotopic (exact) mass is 225 g/mol. The van der Waals surface area contributed by atoms with Crippen molar-refractivity contribution in [1.82, 2.24) is 5.32 Å². The largest absolute Gasteiger partial charge is 0.481 e. The predicted octanol–water partition coefficient (Wildman–Crippen LogP) is 2.55. The Morgan fingerprint density at radius 1 is 1.12 bits per heavy atom. The van der Waals surface area contributed by atoms with Gasteiger partial charge >= 0.3 is 5.97 Å². The number of carboxylic acids is 1. The van der Waals surface area contributed by atoms with E-state index < -0.39 is 11.4 Å². The highest BCUT2D eigenvalue weighted by atomic mass is 16.4. The molecule has 3 nitrogen and oxygen atoms in total. The molecule has 3 heteroatoms. The summed E-state index contributed by atoms with van der Waals surface area (Å²) < 4.78 is 0. The summed E-state index contributed by atoms with van der Waals surface area (Å²) in [6.07, 6.45) is 10.3. The van der Waals surface area contributed by atoms with Gasteiger partial charge in [0.2, 0.25) is 0 Å². The number of carbonyl (C=O) groups is 1. The highest BCUT2D eigenvalue weighted by Gasteiger charge is 2.41. The van der Waals surface area contributed by atoms with Gasteiger partial charge in [0.15, 0.2) is 0 Å². The first-order chi connectivity index (χ1) is 7.73. The zero-order valence-electron chi connectivity index (χ0n) is 10.0. The van der Waals surface area contributed by atoms with Crippen molar-refractivity contribution in [3.63, 3.8) is 0 Å². The number of rotatable bonds is 4. The van der Waals surface area contributed by atoms with Gasteiger partial charge in [-0.1, -0.05) is 32.1 Å². The van der Waals surface area contributed by atoms with E-state index in [2.05, 4.69) is 5.32 Å². The van der Waals surface area contributed by atoms with Crippen LogP contribution in [0.2, 0.25) is 0 Å². The van der Waals surface area contributed by atoms with Crippen LogP contribution in [0.1, 0.15) is 57.8 Å². The van der Waals surface area contributed by atoms with E-state index >= 15 is 0 Å². The summed E-state index contributed by atoms with van der Waals surface area (Å²) in [7, 11) is 0. The third-order valence-electron chi connectivity index (χ3n) is 4.35. The lowest BCUT2D eigenvalue weighted by molar-refractivity contribution is -0.148. The maximum absolute atomic E-state index is 11.4. The van der Waals surface area contributed by atoms with Gasteiger partial charge in [0, 0.05) is 12.6 Å². The van der Waals surface area contributed by atoms with Crippen LogP contribution in [0.3, 0.4) is 0 Å². The van der Waals surface area contributed by atoms with Crippen molar-refractivity contribution in [1.29, 1.82) is 0 Å². The molecular weight excluding hydrogens is 202 g/mol. The Kier molecular flexibility index (Phi) is 3.85. The normalized spacial score (nSPS) is 25.8. The third-order valence-corrected chi connectivity index (χ3v) is 4.35. The molecule has 0 atom stereocenters. The lowest BCUT2D eigenvalue weighted by Gasteiger charge is -2.29. The van der Waals surface area contributed by atoms with Crippen LogP contribution in [0.25, 0.3) is 0 Å². The summed E-state index contributed by atoms with van der Waals surface area (Å²) in [4.78, 5) is 11.4. The van der Waals surface area contributed by atoms with E-state index in [1.807, 2.05) is 0 Å². The van der Waals surface area contributed by atoms with Crippen molar-refractivity contribution in [2.24, 2.45) is 5.41 Å². The molecule has 0 spiro atoms. The summed E-state index contributed by atoms with van der Waals surface area (Å²) in [5.74, 6) is -0.590. The van der Waals surface area contributed by atoms with Gasteiger partial charge < -0.3 is 10.4 Å². The SMILES string of the molecule is O=C(O)C1(CNC2CCCCC2)CCCC1. The molecule has 2 aliphatic rings. The second-order valence-corrected chi connectivity index (χ2v) is 5.51. The lowest BCUT2D eigenvalue weighted by atomic mass is 9.85. The quantitative estimate of drug-likeness (QED) is 0.773. The molecule has 0 aromatic heterocycles. The summed E-state index contributed by atoms with van der Waals surface area (Å²) >= 11 is 0. The Bertz CT molecular complexity index is 240. The van der Waals surface area contributed by atoms with Crippen molar-refractivity contribution in [3.8, 4) is 0 Å². The average molecular weight is 225 g/mol. The summed E-state index contributed by atoms with van der Waals surface area (Å²) in [5.41, 5.74) is -0.447. The van der Waals surface area contributed by atoms with E-state index in [1.54, 1.807) is 0 Å². The maximum Gasteiger partial charge on any atom is 0.310 e. The lowest BCUT2D eigenvalue weighted by Crippen LogP contribution is -2.43. The van der Waals surface area contributed by atoms with Crippen LogP contribution >= 0.6 is 0 Å². The smallest absolute Gasteiger partial charge is 0.310 e. The van der Waals surface area contributed by atoms with Gasteiger partial charge in [-0.25, -0.2) is 0 Å². The minimum atomic E-state index is -0.590. The number of nitrogens with one attached hydrogen (secondary N) is 1. The standard InChI is InChI=1S/C13H23NO2/c15-12(16)13(8-4-5-9-13)10-14-11-6-2-1-3-7-11/h11,14H,1-10H2,(H,15,16). The first-order valence-electron chi connectivity index (χ1n) is 6.70. The fraction of sp³-hybridized carbons (Fsp3) is 0.923.